The lowest BCUT2D eigenvalue weighted by Gasteiger charge is -2.47. The lowest BCUT2D eigenvalue weighted by molar-refractivity contribution is -0.117. The Kier molecular flexibility index (Phi) is 11.4. The van der Waals surface area contributed by atoms with E-state index in [1.807, 2.05) is 12.2 Å². The SMILES string of the molecule is CC(=O)CCCN(C)C(=O)c1c(F)c(F)c(SCCS(=O)(=O)O)c(F)c1C1=c2cc3c4c(c2Oc2c1cc1c5c2CCCN5C(C)(C)C=C1CO)CCC[N+]=4C(C)(C)C=C3CO. The number of halogens is 3. The molecule has 5 aliphatic rings. The van der Waals surface area contributed by atoms with Crippen LogP contribution in [0.5, 0.6) is 11.5 Å². The number of aliphatic hydroxyl groups is 2. The Morgan fingerprint density at radius 1 is 0.935 bits per heavy atom. The standard InChI is InChI=1S/C46H50F3N3O8S2/c1-24(55)10-7-13-50(6)44(56)35-34(37(48)43(38(49)36(35)47)61-16-17-62(57,58)59)33-31-18-29-25(22-53)20-45(2,3)51-14-8-11-27(39(29)51)41(31)60-42-28-12-9-15-52-40(28)30(19-32(33)42)26(23-54)21-46(52,4)5/h18-21,53-54H,7-17,22-23H2,1-6H3/p+1. The van der Waals surface area contributed by atoms with E-state index < -0.39 is 72.1 Å². The molecule has 11 nitrogen and oxygen atoms in total. The van der Waals surface area contributed by atoms with Crippen LogP contribution >= 0.6 is 11.8 Å². The molecule has 62 heavy (non-hydrogen) atoms. The number of rotatable bonds is 12. The van der Waals surface area contributed by atoms with Gasteiger partial charge in [-0.1, -0.05) is 6.08 Å². The zero-order valence-corrected chi connectivity index (χ0v) is 37.3. The molecule has 16 heteroatoms. The largest absolute Gasteiger partial charge is 0.455 e. The summed E-state index contributed by atoms with van der Waals surface area (Å²) in [5, 5.41) is 22.8. The molecule has 0 saturated heterocycles. The minimum Gasteiger partial charge on any atom is -0.455 e. The molecule has 330 valence electrons. The Hall–Kier alpha value is -4.48. The van der Waals surface area contributed by atoms with Crippen molar-refractivity contribution in [2.75, 3.05) is 56.3 Å². The van der Waals surface area contributed by atoms with Gasteiger partial charge in [-0.3, -0.25) is 9.35 Å². The van der Waals surface area contributed by atoms with E-state index in [0.29, 0.717) is 84.3 Å². The van der Waals surface area contributed by atoms with Gasteiger partial charge < -0.3 is 29.5 Å². The summed E-state index contributed by atoms with van der Waals surface area (Å²) in [6.45, 7) is 10.3. The van der Waals surface area contributed by atoms with E-state index in [4.69, 9.17) is 4.74 Å². The molecule has 3 aromatic carbocycles. The van der Waals surface area contributed by atoms with Crippen molar-refractivity contribution < 1.29 is 50.7 Å². The molecule has 5 heterocycles. The van der Waals surface area contributed by atoms with Gasteiger partial charge in [0.05, 0.1) is 51.8 Å². The summed E-state index contributed by atoms with van der Waals surface area (Å²) in [5.41, 5.74) is 2.61. The average Bonchev–Trinajstić information content (AvgIpc) is 3.21. The van der Waals surface area contributed by atoms with Crippen LogP contribution in [-0.4, -0.2) is 102 Å². The van der Waals surface area contributed by atoms with E-state index in [1.165, 1.54) is 14.0 Å². The van der Waals surface area contributed by atoms with Crippen LogP contribution in [-0.2, 0) is 27.8 Å². The highest BCUT2D eigenvalue weighted by Gasteiger charge is 2.44. The second-order valence-electron chi connectivity index (χ2n) is 17.9. The summed E-state index contributed by atoms with van der Waals surface area (Å²) in [7, 11) is -3.22. The van der Waals surface area contributed by atoms with Crippen molar-refractivity contribution >= 4 is 56.0 Å². The number of fused-ring (bicyclic) bond motifs is 4. The van der Waals surface area contributed by atoms with Crippen LogP contribution in [0, 0.1) is 17.5 Å². The Balaban J connectivity index is 1.55. The Morgan fingerprint density at radius 2 is 1.63 bits per heavy atom. The maximum atomic E-state index is 18.0. The number of hydrogen-bond donors (Lipinski definition) is 3. The normalized spacial score (nSPS) is 17.9. The number of carbonyl (C=O) groups is 2. The fraction of sp³-hybridized carbons (Fsp3) is 0.457. The van der Waals surface area contributed by atoms with Crippen molar-refractivity contribution in [1.82, 2.24) is 9.48 Å². The first kappa shape index (κ1) is 44.1. The van der Waals surface area contributed by atoms with Gasteiger partial charge in [0.1, 0.15) is 29.6 Å². The third-order valence-electron chi connectivity index (χ3n) is 12.8. The van der Waals surface area contributed by atoms with Crippen molar-refractivity contribution in [1.29, 1.82) is 0 Å². The van der Waals surface area contributed by atoms with E-state index in [1.54, 1.807) is 12.1 Å². The molecule has 0 spiro atoms. The van der Waals surface area contributed by atoms with Gasteiger partial charge in [0.2, 0.25) is 5.36 Å². The molecule has 0 radical (unpaired) electrons. The quantitative estimate of drug-likeness (QED) is 0.0731. The molecular formula is C46H51F3N3O8S2+. The maximum absolute atomic E-state index is 18.0. The Morgan fingerprint density at radius 3 is 2.31 bits per heavy atom. The van der Waals surface area contributed by atoms with Crippen LogP contribution < -0.4 is 24.8 Å². The van der Waals surface area contributed by atoms with E-state index in [0.717, 1.165) is 27.1 Å². The third kappa shape index (κ3) is 7.28. The number of anilines is 1. The van der Waals surface area contributed by atoms with Gasteiger partial charge >= 0.3 is 0 Å². The van der Waals surface area contributed by atoms with Crippen LogP contribution in [0.1, 0.15) is 104 Å². The topological polar surface area (TPSA) is 148 Å². The monoisotopic (exact) mass is 894 g/mol. The van der Waals surface area contributed by atoms with Crippen molar-refractivity contribution in [3.8, 4) is 11.5 Å². The highest BCUT2D eigenvalue weighted by Crippen LogP contribution is 2.53. The summed E-state index contributed by atoms with van der Waals surface area (Å²) >= 11 is 0.355. The smallest absolute Gasteiger partial charge is 0.265 e. The maximum Gasteiger partial charge on any atom is 0.265 e. The zero-order valence-electron chi connectivity index (χ0n) is 35.7. The number of hydrogen-bond acceptors (Lipinski definition) is 9. The van der Waals surface area contributed by atoms with Crippen molar-refractivity contribution in [2.24, 2.45) is 0 Å². The second-order valence-corrected chi connectivity index (χ2v) is 20.6. The van der Waals surface area contributed by atoms with E-state index >= 15 is 13.2 Å². The first-order valence-corrected chi connectivity index (χ1v) is 23.5. The summed E-state index contributed by atoms with van der Waals surface area (Å²) in [4.78, 5) is 29.0. The number of nitrogens with zero attached hydrogens (tertiary/aromatic N) is 3. The van der Waals surface area contributed by atoms with Gasteiger partial charge in [0.25, 0.3) is 16.0 Å². The van der Waals surface area contributed by atoms with Crippen molar-refractivity contribution in [3.05, 3.63) is 91.3 Å². The number of aliphatic hydroxyl groups excluding tert-OH is 2. The molecular weight excluding hydrogens is 844 g/mol. The lowest BCUT2D eigenvalue weighted by Crippen LogP contribution is -2.53. The van der Waals surface area contributed by atoms with Crippen molar-refractivity contribution in [2.45, 2.75) is 89.1 Å². The van der Waals surface area contributed by atoms with E-state index in [-0.39, 0.29) is 54.7 Å². The van der Waals surface area contributed by atoms with Gasteiger partial charge in [0, 0.05) is 85.6 Å². The summed E-state index contributed by atoms with van der Waals surface area (Å²) < 4.78 is 93.9. The number of Topliss-reactive ketones (excluding diaryl/α,β-unsaturated/α-hetero) is 1. The molecule has 3 aromatic rings. The molecule has 0 aliphatic carbocycles. The number of thioether (sulfide) groups is 1. The summed E-state index contributed by atoms with van der Waals surface area (Å²) in [6.07, 6.45) is 6.73. The van der Waals surface area contributed by atoms with Gasteiger partial charge in [0.15, 0.2) is 17.2 Å². The highest BCUT2D eigenvalue weighted by molar-refractivity contribution is 8.00. The Labute approximate surface area is 363 Å². The molecule has 8 rings (SSSR count). The number of amides is 1. The highest BCUT2D eigenvalue weighted by atomic mass is 32.2. The first-order valence-electron chi connectivity index (χ1n) is 20.9. The number of benzene rings is 3. The summed E-state index contributed by atoms with van der Waals surface area (Å²) in [5.74, 6) is -6.60. The van der Waals surface area contributed by atoms with Gasteiger partial charge in [-0.25, -0.2) is 17.7 Å². The molecule has 0 unspecified atom stereocenters. The van der Waals surface area contributed by atoms with Crippen LogP contribution in [0.2, 0.25) is 0 Å². The van der Waals surface area contributed by atoms with Gasteiger partial charge in [-0.05, 0) is 75.8 Å². The Bertz CT molecular complexity index is 2800. The molecule has 0 bridgehead atoms. The van der Waals surface area contributed by atoms with Gasteiger partial charge in [-0.15, -0.1) is 11.8 Å². The van der Waals surface area contributed by atoms with Crippen LogP contribution in [0.4, 0.5) is 18.9 Å². The van der Waals surface area contributed by atoms with Crippen LogP contribution in [0.15, 0.2) is 29.2 Å². The minimum absolute atomic E-state index is 0.0198. The molecule has 0 atom stereocenters. The fourth-order valence-corrected chi connectivity index (χ4v) is 11.9. The minimum atomic E-state index is -4.58. The lowest BCUT2D eigenvalue weighted by atomic mass is 9.78. The fourth-order valence-electron chi connectivity index (χ4n) is 10.1. The number of carbonyl (C=O) groups excluding carboxylic acids is 2. The molecule has 0 saturated carbocycles. The number of ketones is 1. The molecule has 1 amide bonds. The summed E-state index contributed by atoms with van der Waals surface area (Å²) in [6, 6.07) is 3.50. The predicted molar refractivity (Wildman–Crippen MR) is 233 cm³/mol. The van der Waals surface area contributed by atoms with E-state index in [2.05, 4.69) is 37.2 Å². The van der Waals surface area contributed by atoms with E-state index in [9.17, 15) is 32.8 Å². The van der Waals surface area contributed by atoms with Crippen LogP contribution in [0.25, 0.3) is 16.7 Å². The molecule has 0 fully saturated rings. The molecule has 0 aromatic heterocycles. The second kappa shape index (κ2) is 15.9. The average molecular weight is 895 g/mol. The third-order valence-corrected chi connectivity index (χ3v) is 14.8. The van der Waals surface area contributed by atoms with Crippen LogP contribution in [0.3, 0.4) is 0 Å². The zero-order chi connectivity index (χ0) is 44.8. The van der Waals surface area contributed by atoms with Crippen molar-refractivity contribution in [3.63, 3.8) is 0 Å². The predicted octanol–water partition coefficient (Wildman–Crippen LogP) is 5.40. The first-order chi connectivity index (χ1) is 29.2. The molecule has 3 N–H and O–H groups in total. The van der Waals surface area contributed by atoms with Gasteiger partial charge in [-0.2, -0.15) is 8.42 Å². The molecule has 5 aliphatic heterocycles. The number of ether oxygens (including phenoxy) is 1.